The standard InChI is InChI=1S/C15H24N4O/c1-18(10-11-19-8-6-17-7-9-19)12-13-4-2-3-5-14(13)15(16)20/h2-5,17H,6-12H2,1H3,(H2,16,20). The molecular weight excluding hydrogens is 252 g/mol. The number of nitrogens with two attached hydrogens (primary N) is 1. The molecule has 0 unspecified atom stereocenters. The Hall–Kier alpha value is -1.43. The Morgan fingerprint density at radius 2 is 2.05 bits per heavy atom. The van der Waals surface area contributed by atoms with Gasteiger partial charge in [-0.05, 0) is 18.7 Å². The Morgan fingerprint density at radius 3 is 2.75 bits per heavy atom. The predicted octanol–water partition coefficient (Wildman–Crippen LogP) is 0.123. The Bertz CT molecular complexity index is 443. The zero-order valence-electron chi connectivity index (χ0n) is 12.1. The third-order valence-electron chi connectivity index (χ3n) is 3.73. The van der Waals surface area contributed by atoms with Crippen molar-refractivity contribution < 1.29 is 4.79 Å². The molecule has 0 bridgehead atoms. The predicted molar refractivity (Wildman–Crippen MR) is 80.6 cm³/mol. The second kappa shape index (κ2) is 7.38. The number of likely N-dealkylation sites (N-methyl/N-ethyl adjacent to an activating group) is 1. The first-order valence-electron chi connectivity index (χ1n) is 7.16. The van der Waals surface area contributed by atoms with E-state index in [9.17, 15) is 4.79 Å². The van der Waals surface area contributed by atoms with Gasteiger partial charge in [0.25, 0.3) is 0 Å². The van der Waals surface area contributed by atoms with Crippen molar-refractivity contribution in [2.24, 2.45) is 5.73 Å². The van der Waals surface area contributed by atoms with E-state index in [0.29, 0.717) is 5.56 Å². The Balaban J connectivity index is 1.84. The summed E-state index contributed by atoms with van der Waals surface area (Å²) in [5.41, 5.74) is 7.04. The van der Waals surface area contributed by atoms with Crippen molar-refractivity contribution >= 4 is 5.91 Å². The van der Waals surface area contributed by atoms with Crippen LogP contribution in [0.1, 0.15) is 15.9 Å². The molecule has 1 saturated heterocycles. The second-order valence-electron chi connectivity index (χ2n) is 5.35. The van der Waals surface area contributed by atoms with Crippen molar-refractivity contribution in [2.75, 3.05) is 46.3 Å². The van der Waals surface area contributed by atoms with E-state index in [4.69, 9.17) is 5.73 Å². The fourth-order valence-corrected chi connectivity index (χ4v) is 2.52. The summed E-state index contributed by atoms with van der Waals surface area (Å²) in [6, 6.07) is 7.57. The summed E-state index contributed by atoms with van der Waals surface area (Å²) in [5.74, 6) is -0.351. The number of carbonyl (C=O) groups is 1. The minimum Gasteiger partial charge on any atom is -0.366 e. The molecule has 1 aromatic carbocycles. The first kappa shape index (κ1) is 15.0. The highest BCUT2D eigenvalue weighted by molar-refractivity contribution is 5.94. The first-order valence-corrected chi connectivity index (χ1v) is 7.16. The number of nitrogens with zero attached hydrogens (tertiary/aromatic N) is 2. The molecule has 0 aromatic heterocycles. The molecule has 0 saturated carbocycles. The topological polar surface area (TPSA) is 61.6 Å². The highest BCUT2D eigenvalue weighted by Crippen LogP contribution is 2.10. The SMILES string of the molecule is CN(CCN1CCNCC1)Cc1ccccc1C(N)=O. The summed E-state index contributed by atoms with van der Waals surface area (Å²) >= 11 is 0. The fourth-order valence-electron chi connectivity index (χ4n) is 2.52. The van der Waals surface area contributed by atoms with Crippen LogP contribution >= 0.6 is 0 Å². The van der Waals surface area contributed by atoms with Gasteiger partial charge in [-0.25, -0.2) is 0 Å². The molecule has 1 aromatic rings. The molecule has 110 valence electrons. The van der Waals surface area contributed by atoms with Crippen molar-refractivity contribution in [3.8, 4) is 0 Å². The van der Waals surface area contributed by atoms with Crippen LogP contribution in [0.2, 0.25) is 0 Å². The van der Waals surface area contributed by atoms with Gasteiger partial charge in [-0.3, -0.25) is 9.69 Å². The van der Waals surface area contributed by atoms with Crippen LogP contribution < -0.4 is 11.1 Å². The van der Waals surface area contributed by atoms with Crippen LogP contribution in [0.4, 0.5) is 0 Å². The van der Waals surface area contributed by atoms with Gasteiger partial charge in [0.15, 0.2) is 0 Å². The minimum absolute atomic E-state index is 0.351. The molecular formula is C15H24N4O. The molecule has 1 amide bonds. The second-order valence-corrected chi connectivity index (χ2v) is 5.35. The summed E-state index contributed by atoms with van der Waals surface area (Å²) in [7, 11) is 2.08. The van der Waals surface area contributed by atoms with E-state index in [-0.39, 0.29) is 5.91 Å². The average Bonchev–Trinajstić information content (AvgIpc) is 2.46. The Labute approximate surface area is 120 Å². The molecule has 0 aliphatic carbocycles. The number of rotatable bonds is 6. The van der Waals surface area contributed by atoms with Gasteiger partial charge < -0.3 is 16.0 Å². The van der Waals surface area contributed by atoms with Gasteiger partial charge in [-0.2, -0.15) is 0 Å². The summed E-state index contributed by atoms with van der Waals surface area (Å²) < 4.78 is 0. The highest BCUT2D eigenvalue weighted by Gasteiger charge is 2.12. The number of piperazine rings is 1. The number of carbonyl (C=O) groups excluding carboxylic acids is 1. The van der Waals surface area contributed by atoms with Crippen molar-refractivity contribution in [1.29, 1.82) is 0 Å². The third kappa shape index (κ3) is 4.30. The van der Waals surface area contributed by atoms with Crippen LogP contribution in [-0.2, 0) is 6.54 Å². The molecule has 1 aliphatic rings. The molecule has 5 nitrogen and oxygen atoms in total. The summed E-state index contributed by atoms with van der Waals surface area (Å²) in [5, 5.41) is 3.36. The number of amides is 1. The van der Waals surface area contributed by atoms with Gasteiger partial charge in [-0.15, -0.1) is 0 Å². The molecule has 20 heavy (non-hydrogen) atoms. The Morgan fingerprint density at radius 1 is 1.35 bits per heavy atom. The molecule has 1 fully saturated rings. The van der Waals surface area contributed by atoms with Crippen LogP contribution in [0.15, 0.2) is 24.3 Å². The molecule has 1 heterocycles. The van der Waals surface area contributed by atoms with Gasteiger partial charge in [0.1, 0.15) is 0 Å². The van der Waals surface area contributed by atoms with Crippen LogP contribution in [-0.4, -0.2) is 62.0 Å². The van der Waals surface area contributed by atoms with E-state index in [1.165, 1.54) is 0 Å². The lowest BCUT2D eigenvalue weighted by atomic mass is 10.1. The molecule has 3 N–H and O–H groups in total. The van der Waals surface area contributed by atoms with Crippen LogP contribution in [0.25, 0.3) is 0 Å². The molecule has 1 aliphatic heterocycles. The number of hydrogen-bond donors (Lipinski definition) is 2. The average molecular weight is 276 g/mol. The molecule has 0 radical (unpaired) electrons. The van der Waals surface area contributed by atoms with E-state index in [0.717, 1.165) is 51.4 Å². The van der Waals surface area contributed by atoms with Crippen molar-refractivity contribution in [3.05, 3.63) is 35.4 Å². The van der Waals surface area contributed by atoms with Crippen LogP contribution in [0, 0.1) is 0 Å². The Kier molecular flexibility index (Phi) is 5.52. The first-order chi connectivity index (χ1) is 9.66. The van der Waals surface area contributed by atoms with E-state index >= 15 is 0 Å². The number of benzene rings is 1. The van der Waals surface area contributed by atoms with Gasteiger partial charge in [0.05, 0.1) is 0 Å². The number of primary amides is 1. The smallest absolute Gasteiger partial charge is 0.249 e. The minimum atomic E-state index is -0.351. The maximum Gasteiger partial charge on any atom is 0.249 e. The van der Waals surface area contributed by atoms with Crippen LogP contribution in [0.3, 0.4) is 0 Å². The lowest BCUT2D eigenvalue weighted by Crippen LogP contribution is -2.45. The van der Waals surface area contributed by atoms with E-state index < -0.39 is 0 Å². The lowest BCUT2D eigenvalue weighted by Gasteiger charge is -2.29. The maximum absolute atomic E-state index is 11.4. The van der Waals surface area contributed by atoms with Crippen molar-refractivity contribution in [2.45, 2.75) is 6.54 Å². The highest BCUT2D eigenvalue weighted by atomic mass is 16.1. The third-order valence-corrected chi connectivity index (χ3v) is 3.73. The maximum atomic E-state index is 11.4. The van der Waals surface area contributed by atoms with E-state index in [1.54, 1.807) is 6.07 Å². The van der Waals surface area contributed by atoms with Gasteiger partial charge in [0.2, 0.25) is 5.91 Å². The summed E-state index contributed by atoms with van der Waals surface area (Å²) in [6.07, 6.45) is 0. The fraction of sp³-hybridized carbons (Fsp3) is 0.533. The molecule has 5 heteroatoms. The molecule has 0 atom stereocenters. The number of hydrogen-bond acceptors (Lipinski definition) is 4. The molecule has 0 spiro atoms. The van der Waals surface area contributed by atoms with Gasteiger partial charge in [0, 0.05) is 51.4 Å². The van der Waals surface area contributed by atoms with E-state index in [2.05, 4.69) is 22.2 Å². The molecule has 2 rings (SSSR count). The van der Waals surface area contributed by atoms with Crippen molar-refractivity contribution in [3.63, 3.8) is 0 Å². The quantitative estimate of drug-likeness (QED) is 0.775. The summed E-state index contributed by atoms with van der Waals surface area (Å²) in [6.45, 7) is 7.20. The monoisotopic (exact) mass is 276 g/mol. The normalized spacial score (nSPS) is 16.5. The summed E-state index contributed by atoms with van der Waals surface area (Å²) in [4.78, 5) is 16.1. The van der Waals surface area contributed by atoms with Gasteiger partial charge >= 0.3 is 0 Å². The lowest BCUT2D eigenvalue weighted by molar-refractivity contribution is 0.0998. The van der Waals surface area contributed by atoms with E-state index in [1.807, 2.05) is 18.2 Å². The zero-order chi connectivity index (χ0) is 14.4. The van der Waals surface area contributed by atoms with Gasteiger partial charge in [-0.1, -0.05) is 18.2 Å². The number of nitrogens with one attached hydrogen (secondary N) is 1. The van der Waals surface area contributed by atoms with Crippen LogP contribution in [0.5, 0.6) is 0 Å². The largest absolute Gasteiger partial charge is 0.366 e. The van der Waals surface area contributed by atoms with Crippen molar-refractivity contribution in [1.82, 2.24) is 15.1 Å². The zero-order valence-corrected chi connectivity index (χ0v) is 12.1.